The Hall–Kier alpha value is -2.48. The Balaban J connectivity index is 1.66. The molecule has 2 aliphatic rings. The molecule has 3 N–H and O–H groups in total. The molecule has 0 spiro atoms. The summed E-state index contributed by atoms with van der Waals surface area (Å²) in [5.41, 5.74) is 5.89. The largest absolute Gasteiger partial charge is 0.349 e. The molecule has 2 aromatic heterocycles. The summed E-state index contributed by atoms with van der Waals surface area (Å²) < 4.78 is 2.34. The molecule has 4 rings (SSSR count). The SMILES string of the molecule is Cn1c(=O)c2cc(C(=O)NC3C4CCCC3CC(N)C4)cnc2n(C)c1=O. The van der Waals surface area contributed by atoms with Crippen molar-refractivity contribution in [3.05, 3.63) is 38.7 Å². The summed E-state index contributed by atoms with van der Waals surface area (Å²) in [7, 11) is 2.98. The maximum Gasteiger partial charge on any atom is 0.332 e. The number of carbonyl (C=O) groups is 1. The third-order valence-electron chi connectivity index (χ3n) is 6.23. The van der Waals surface area contributed by atoms with E-state index in [1.54, 1.807) is 7.05 Å². The van der Waals surface area contributed by atoms with Crippen molar-refractivity contribution in [1.82, 2.24) is 19.4 Å². The van der Waals surface area contributed by atoms with E-state index in [0.29, 0.717) is 17.4 Å². The summed E-state index contributed by atoms with van der Waals surface area (Å²) >= 11 is 0. The van der Waals surface area contributed by atoms with E-state index < -0.39 is 11.2 Å². The van der Waals surface area contributed by atoms with Gasteiger partial charge in [-0.2, -0.15) is 0 Å². The summed E-state index contributed by atoms with van der Waals surface area (Å²) in [6.45, 7) is 0. The molecule has 2 aromatic rings. The number of nitrogens with zero attached hydrogens (tertiary/aromatic N) is 3. The van der Waals surface area contributed by atoms with Gasteiger partial charge in [0.15, 0.2) is 0 Å². The number of nitrogens with two attached hydrogens (primary N) is 1. The number of carbonyl (C=O) groups excluding carboxylic acids is 1. The highest BCUT2D eigenvalue weighted by molar-refractivity contribution is 5.96. The van der Waals surface area contributed by atoms with Gasteiger partial charge in [0.2, 0.25) is 0 Å². The third-order valence-corrected chi connectivity index (χ3v) is 6.23. The van der Waals surface area contributed by atoms with E-state index in [-0.39, 0.29) is 29.0 Å². The molecule has 2 saturated carbocycles. The van der Waals surface area contributed by atoms with Crippen molar-refractivity contribution < 1.29 is 4.79 Å². The Labute approximate surface area is 156 Å². The highest BCUT2D eigenvalue weighted by atomic mass is 16.2. The lowest BCUT2D eigenvalue weighted by Gasteiger charge is -2.45. The normalized spacial score (nSPS) is 27.5. The van der Waals surface area contributed by atoms with Crippen LogP contribution < -0.4 is 22.3 Å². The molecule has 2 heterocycles. The molecule has 1 amide bonds. The second-order valence-electron chi connectivity index (χ2n) is 7.98. The van der Waals surface area contributed by atoms with Gasteiger partial charge >= 0.3 is 5.69 Å². The van der Waals surface area contributed by atoms with Gasteiger partial charge in [0.25, 0.3) is 11.5 Å². The maximum atomic E-state index is 12.9. The van der Waals surface area contributed by atoms with E-state index in [1.807, 2.05) is 0 Å². The smallest absolute Gasteiger partial charge is 0.332 e. The van der Waals surface area contributed by atoms with Gasteiger partial charge in [-0.1, -0.05) is 6.42 Å². The van der Waals surface area contributed by atoms with Gasteiger partial charge < -0.3 is 11.1 Å². The first-order chi connectivity index (χ1) is 12.9. The molecule has 8 nitrogen and oxygen atoms in total. The van der Waals surface area contributed by atoms with Crippen LogP contribution in [0.4, 0.5) is 0 Å². The quantitative estimate of drug-likeness (QED) is 0.787. The van der Waals surface area contributed by atoms with Crippen molar-refractivity contribution in [3.63, 3.8) is 0 Å². The van der Waals surface area contributed by atoms with Crippen LogP contribution in [0.1, 0.15) is 42.5 Å². The third kappa shape index (κ3) is 2.97. The van der Waals surface area contributed by atoms with Crippen LogP contribution in [-0.2, 0) is 14.1 Å². The summed E-state index contributed by atoms with van der Waals surface area (Å²) in [6.07, 6.45) is 6.69. The molecular weight excluding hydrogens is 346 g/mol. The van der Waals surface area contributed by atoms with Crippen LogP contribution in [-0.4, -0.2) is 32.1 Å². The van der Waals surface area contributed by atoms with Crippen LogP contribution >= 0.6 is 0 Å². The van der Waals surface area contributed by atoms with Crippen molar-refractivity contribution in [2.45, 2.75) is 44.2 Å². The summed E-state index contributed by atoms with van der Waals surface area (Å²) in [5, 5.41) is 3.43. The monoisotopic (exact) mass is 371 g/mol. The van der Waals surface area contributed by atoms with E-state index in [1.165, 1.54) is 30.3 Å². The van der Waals surface area contributed by atoms with Gasteiger partial charge in [-0.05, 0) is 43.6 Å². The number of aromatic nitrogens is 3. The number of hydrogen-bond donors (Lipinski definition) is 2. The lowest BCUT2D eigenvalue weighted by molar-refractivity contribution is 0.0756. The predicted octanol–water partition coefficient (Wildman–Crippen LogP) is 0.268. The molecule has 2 aliphatic carbocycles. The fraction of sp³-hybridized carbons (Fsp3) is 0.579. The second kappa shape index (κ2) is 6.60. The fourth-order valence-corrected chi connectivity index (χ4v) is 4.85. The lowest BCUT2D eigenvalue weighted by atomic mass is 9.67. The number of fused-ring (bicyclic) bond motifs is 3. The lowest BCUT2D eigenvalue weighted by Crippen LogP contribution is -2.53. The molecule has 0 saturated heterocycles. The van der Waals surface area contributed by atoms with Gasteiger partial charge in [0.05, 0.1) is 10.9 Å². The molecule has 2 fully saturated rings. The maximum absolute atomic E-state index is 12.9. The number of amides is 1. The summed E-state index contributed by atoms with van der Waals surface area (Å²) in [6, 6.07) is 1.88. The van der Waals surface area contributed by atoms with Gasteiger partial charge in [0, 0.05) is 32.4 Å². The highest BCUT2D eigenvalue weighted by Gasteiger charge is 2.40. The fourth-order valence-electron chi connectivity index (χ4n) is 4.85. The minimum atomic E-state index is -0.448. The van der Waals surface area contributed by atoms with E-state index in [0.717, 1.165) is 30.3 Å². The average Bonchev–Trinajstić information content (AvgIpc) is 2.64. The molecule has 8 heteroatoms. The van der Waals surface area contributed by atoms with Crippen LogP contribution in [0.3, 0.4) is 0 Å². The van der Waals surface area contributed by atoms with Crippen LogP contribution in [0, 0.1) is 11.8 Å². The van der Waals surface area contributed by atoms with Gasteiger partial charge in [-0.25, -0.2) is 9.78 Å². The van der Waals surface area contributed by atoms with Crippen molar-refractivity contribution in [2.75, 3.05) is 0 Å². The van der Waals surface area contributed by atoms with Crippen molar-refractivity contribution in [2.24, 2.45) is 31.7 Å². The number of rotatable bonds is 2. The van der Waals surface area contributed by atoms with Crippen LogP contribution in [0.5, 0.6) is 0 Å². The zero-order chi connectivity index (χ0) is 19.3. The predicted molar refractivity (Wildman–Crippen MR) is 102 cm³/mol. The molecular formula is C19H25N5O3. The molecule has 27 heavy (non-hydrogen) atoms. The Kier molecular flexibility index (Phi) is 4.38. The number of nitrogens with one attached hydrogen (secondary N) is 1. The zero-order valence-corrected chi connectivity index (χ0v) is 15.6. The van der Waals surface area contributed by atoms with E-state index in [4.69, 9.17) is 5.73 Å². The van der Waals surface area contributed by atoms with Crippen LogP contribution in [0.15, 0.2) is 21.9 Å². The molecule has 2 bridgehead atoms. The molecule has 0 radical (unpaired) electrons. The Morgan fingerprint density at radius 3 is 2.52 bits per heavy atom. The van der Waals surface area contributed by atoms with Gasteiger partial charge in [-0.3, -0.25) is 18.7 Å². The topological polar surface area (TPSA) is 112 Å². The Morgan fingerprint density at radius 2 is 1.85 bits per heavy atom. The first-order valence-corrected chi connectivity index (χ1v) is 9.49. The Bertz CT molecular complexity index is 1010. The second-order valence-corrected chi connectivity index (χ2v) is 7.98. The standard InChI is InChI=1S/C19H25N5O3/c1-23-16-14(18(26)24(2)19(23)27)8-12(9-21-16)17(25)22-15-10-4-3-5-11(15)7-13(20)6-10/h8-11,13,15H,3-7,20H2,1-2H3,(H,22,25). The van der Waals surface area contributed by atoms with Crippen molar-refractivity contribution in [1.29, 1.82) is 0 Å². The van der Waals surface area contributed by atoms with Gasteiger partial charge in [0.1, 0.15) is 5.65 Å². The van der Waals surface area contributed by atoms with Crippen LogP contribution in [0.25, 0.3) is 11.0 Å². The molecule has 2 unspecified atom stereocenters. The highest BCUT2D eigenvalue weighted by Crippen LogP contribution is 2.39. The first-order valence-electron chi connectivity index (χ1n) is 9.49. The molecule has 0 aromatic carbocycles. The molecule has 0 aliphatic heterocycles. The summed E-state index contributed by atoms with van der Waals surface area (Å²) in [5.74, 6) is 0.606. The zero-order valence-electron chi connectivity index (χ0n) is 15.6. The van der Waals surface area contributed by atoms with E-state index in [2.05, 4.69) is 10.3 Å². The Morgan fingerprint density at radius 1 is 1.19 bits per heavy atom. The number of pyridine rings is 1. The number of hydrogen-bond acceptors (Lipinski definition) is 5. The average molecular weight is 371 g/mol. The summed E-state index contributed by atoms with van der Waals surface area (Å²) in [4.78, 5) is 41.5. The van der Waals surface area contributed by atoms with Crippen LogP contribution in [0.2, 0.25) is 0 Å². The van der Waals surface area contributed by atoms with E-state index >= 15 is 0 Å². The minimum absolute atomic E-state index is 0.129. The van der Waals surface area contributed by atoms with Crippen molar-refractivity contribution >= 4 is 16.9 Å². The molecule has 144 valence electrons. The first kappa shape index (κ1) is 17.9. The van der Waals surface area contributed by atoms with Gasteiger partial charge in [-0.15, -0.1) is 0 Å². The minimum Gasteiger partial charge on any atom is -0.349 e. The van der Waals surface area contributed by atoms with E-state index in [9.17, 15) is 14.4 Å². The van der Waals surface area contributed by atoms with Crippen molar-refractivity contribution in [3.8, 4) is 0 Å². The molecule has 2 atom stereocenters. The number of aryl methyl sites for hydroxylation is 1.